The zero-order valence-corrected chi connectivity index (χ0v) is 18.8. The number of alkyl halides is 6. The highest BCUT2D eigenvalue weighted by Gasteiger charge is 2.37. The zero-order valence-electron chi connectivity index (χ0n) is 17.2. The molecule has 0 aliphatic rings. The summed E-state index contributed by atoms with van der Waals surface area (Å²) < 4.78 is 122. The first kappa shape index (κ1) is 32.0. The van der Waals surface area contributed by atoms with Crippen molar-refractivity contribution in [2.45, 2.75) is 37.7 Å². The lowest BCUT2D eigenvalue weighted by Crippen LogP contribution is -2.29. The third-order valence-electron chi connectivity index (χ3n) is 3.18. The van der Waals surface area contributed by atoms with E-state index in [2.05, 4.69) is 32.9 Å². The molecule has 0 aromatic carbocycles. The van der Waals surface area contributed by atoms with Crippen LogP contribution < -0.4 is 9.13 Å². The van der Waals surface area contributed by atoms with E-state index in [1.807, 2.05) is 38.9 Å². The van der Waals surface area contributed by atoms with Gasteiger partial charge < -0.3 is 9.11 Å². The number of aromatic nitrogens is 4. The molecule has 188 valence electrons. The number of imidazole rings is 2. The van der Waals surface area contributed by atoms with Crippen molar-refractivity contribution in [2.24, 2.45) is 14.1 Å². The molecule has 2 aromatic rings. The summed E-state index contributed by atoms with van der Waals surface area (Å²) in [4.78, 5) is 6.24. The van der Waals surface area contributed by atoms with Crippen molar-refractivity contribution >= 4 is 20.2 Å². The molecule has 0 spiro atoms. The molecule has 10 nitrogen and oxygen atoms in total. The molecule has 0 radical (unpaired) electrons. The van der Waals surface area contributed by atoms with Crippen molar-refractivity contribution in [1.29, 1.82) is 0 Å². The molecule has 0 amide bonds. The zero-order chi connectivity index (χ0) is 26.0. The molecule has 32 heavy (non-hydrogen) atoms. The summed E-state index contributed by atoms with van der Waals surface area (Å²) in [6.45, 7) is 4.26. The van der Waals surface area contributed by atoms with E-state index in [0.717, 1.165) is 12.8 Å². The molecule has 2 N–H and O–H groups in total. The van der Waals surface area contributed by atoms with Gasteiger partial charge in [-0.1, -0.05) is 13.8 Å². The molecule has 0 aliphatic heterocycles. The highest BCUT2D eigenvalue weighted by molar-refractivity contribution is 7.86. The molecule has 2 rings (SSSR count). The molecule has 18 heteroatoms. The minimum absolute atomic E-state index is 1.07. The number of aryl methyl sites for hydroxylation is 4. The summed E-state index contributed by atoms with van der Waals surface area (Å²) in [5, 5.41) is 0. The minimum Gasteiger partial charge on any atom is -0.741 e. The minimum atomic E-state index is -6.09. The van der Waals surface area contributed by atoms with Crippen molar-refractivity contribution in [2.75, 3.05) is 0 Å². The molecule has 0 aliphatic carbocycles. The van der Waals surface area contributed by atoms with Crippen molar-refractivity contribution in [1.82, 2.24) is 9.97 Å². The summed E-state index contributed by atoms with van der Waals surface area (Å²) in [5.74, 6) is 2.54. The number of nitrogens with one attached hydrogen (secondary N) is 2. The van der Waals surface area contributed by atoms with E-state index in [0.29, 0.717) is 0 Å². The third-order valence-corrected chi connectivity index (χ3v) is 4.32. The smallest absolute Gasteiger partial charge is 0.485 e. The first-order valence-electron chi connectivity index (χ1n) is 8.27. The molecule has 0 bridgehead atoms. The molecular formula is C14H22F6N4O6S2. The predicted octanol–water partition coefficient (Wildman–Crippen LogP) is 0.906. The fourth-order valence-electron chi connectivity index (χ4n) is 1.58. The average molecular weight is 520 g/mol. The monoisotopic (exact) mass is 520 g/mol. The summed E-state index contributed by atoms with van der Waals surface area (Å²) in [7, 11) is -8.11. The standard InChI is InChI=1S/2C6H10N2.2CHF3O3S/c2*1-3-6-7-4-5-8(6)2;2*2-1(3,4)8(5,6)7/h2*4-5H,3H2,1-2H3;2*(H,5,6,7). The predicted molar refractivity (Wildman–Crippen MR) is 94.2 cm³/mol. The van der Waals surface area contributed by atoms with E-state index in [4.69, 9.17) is 25.9 Å². The van der Waals surface area contributed by atoms with Crippen LogP contribution in [0.3, 0.4) is 0 Å². The first-order valence-corrected chi connectivity index (χ1v) is 11.1. The Labute approximate surface area is 180 Å². The molecule has 2 aromatic heterocycles. The second-order valence-electron chi connectivity index (χ2n) is 5.54. The van der Waals surface area contributed by atoms with Gasteiger partial charge in [-0.15, -0.1) is 0 Å². The van der Waals surface area contributed by atoms with Crippen LogP contribution in [0.25, 0.3) is 0 Å². The lowest BCUT2D eigenvalue weighted by Gasteiger charge is -2.08. The Morgan fingerprint density at radius 3 is 1.03 bits per heavy atom. The van der Waals surface area contributed by atoms with Crippen LogP contribution in [-0.2, 0) is 47.2 Å². The fourth-order valence-corrected chi connectivity index (χ4v) is 1.58. The molecular weight excluding hydrogens is 498 g/mol. The average Bonchev–Trinajstić information content (AvgIpc) is 3.20. The van der Waals surface area contributed by atoms with Crippen LogP contribution in [0, 0.1) is 0 Å². The topological polar surface area (TPSA) is 154 Å². The van der Waals surface area contributed by atoms with E-state index in [-0.39, 0.29) is 0 Å². The van der Waals surface area contributed by atoms with Crippen LogP contribution in [0.1, 0.15) is 25.5 Å². The van der Waals surface area contributed by atoms with Gasteiger partial charge in [0, 0.05) is 12.8 Å². The van der Waals surface area contributed by atoms with Gasteiger partial charge in [-0.25, -0.2) is 35.9 Å². The maximum absolute atomic E-state index is 10.7. The van der Waals surface area contributed by atoms with E-state index in [1.165, 1.54) is 11.6 Å². The molecule has 0 saturated carbocycles. The Morgan fingerprint density at radius 1 is 0.750 bits per heavy atom. The lowest BCUT2D eigenvalue weighted by molar-refractivity contribution is -0.677. The van der Waals surface area contributed by atoms with Gasteiger partial charge in [-0.2, -0.15) is 26.3 Å². The molecule has 0 unspecified atom stereocenters. The second-order valence-corrected chi connectivity index (χ2v) is 8.28. The van der Waals surface area contributed by atoms with Crippen LogP contribution in [0.2, 0.25) is 0 Å². The Hall–Kier alpha value is -2.18. The number of hydrogen-bond donors (Lipinski definition) is 2. The molecule has 0 saturated heterocycles. The van der Waals surface area contributed by atoms with Gasteiger partial charge in [0.05, 0.1) is 14.1 Å². The second kappa shape index (κ2) is 12.8. The Kier molecular flexibility index (Phi) is 12.8. The molecule has 0 atom stereocenters. The van der Waals surface area contributed by atoms with Crippen LogP contribution in [0.4, 0.5) is 26.3 Å². The normalized spacial score (nSPS) is 11.9. The van der Waals surface area contributed by atoms with Gasteiger partial charge in [-0.3, -0.25) is 0 Å². The van der Waals surface area contributed by atoms with Crippen LogP contribution >= 0.6 is 0 Å². The molecule has 0 fully saturated rings. The van der Waals surface area contributed by atoms with Gasteiger partial charge in [-0.05, 0) is 0 Å². The largest absolute Gasteiger partial charge is 0.741 e. The van der Waals surface area contributed by atoms with Crippen molar-refractivity contribution in [3.8, 4) is 0 Å². The maximum Gasteiger partial charge on any atom is 0.485 e. The highest BCUT2D eigenvalue weighted by Crippen LogP contribution is 2.21. The van der Waals surface area contributed by atoms with Gasteiger partial charge in [0.1, 0.15) is 24.8 Å². The number of rotatable bonds is 2. The van der Waals surface area contributed by atoms with Gasteiger partial charge in [0.15, 0.2) is 20.2 Å². The summed E-state index contributed by atoms with van der Waals surface area (Å²) in [5.41, 5.74) is -11.3. The number of H-pyrrole nitrogens is 2. The van der Waals surface area contributed by atoms with Crippen LogP contribution in [-0.4, -0.2) is 46.9 Å². The van der Waals surface area contributed by atoms with Gasteiger partial charge >= 0.3 is 11.0 Å². The van der Waals surface area contributed by atoms with Crippen LogP contribution in [0.5, 0.6) is 0 Å². The van der Waals surface area contributed by atoms with E-state index >= 15 is 0 Å². The summed E-state index contributed by atoms with van der Waals surface area (Å²) >= 11 is 0. The number of nitrogens with zero attached hydrogens (tertiary/aromatic N) is 2. The third kappa shape index (κ3) is 12.6. The Bertz CT molecular complexity index is 931. The van der Waals surface area contributed by atoms with E-state index in [9.17, 15) is 26.3 Å². The Balaban J connectivity index is 0. The quantitative estimate of drug-likeness (QED) is 0.260. The number of hydrogen-bond acceptors (Lipinski definition) is 6. The van der Waals surface area contributed by atoms with Crippen molar-refractivity contribution in [3.63, 3.8) is 0 Å². The van der Waals surface area contributed by atoms with Crippen molar-refractivity contribution in [3.05, 3.63) is 36.4 Å². The number of aromatic amines is 2. The molecule has 2 heterocycles. The maximum atomic E-state index is 10.7. The first-order chi connectivity index (χ1) is 14.2. The summed E-state index contributed by atoms with van der Waals surface area (Å²) in [6, 6.07) is 0. The number of halogens is 6. The Morgan fingerprint density at radius 2 is 0.969 bits per heavy atom. The SMILES string of the molecule is CCc1[nH]cc[n+]1C.CCc1[nH]cc[n+]1C.O=S(=O)([O-])C(F)(F)F.O=S(=O)([O-])C(F)(F)F. The summed E-state index contributed by atoms with van der Waals surface area (Å²) in [6.07, 6.45) is 10.1. The highest BCUT2D eigenvalue weighted by atomic mass is 32.2. The fraction of sp³-hybridized carbons (Fsp3) is 0.571. The van der Waals surface area contributed by atoms with E-state index < -0.39 is 31.3 Å². The lowest BCUT2D eigenvalue weighted by atomic mass is 10.5. The van der Waals surface area contributed by atoms with Gasteiger partial charge in [0.2, 0.25) is 0 Å². The van der Waals surface area contributed by atoms with E-state index in [1.54, 1.807) is 0 Å². The van der Waals surface area contributed by atoms with Crippen LogP contribution in [0.15, 0.2) is 24.8 Å². The van der Waals surface area contributed by atoms with Crippen molar-refractivity contribution < 1.29 is 61.4 Å². The van der Waals surface area contributed by atoms with Gasteiger partial charge in [0.25, 0.3) is 11.6 Å².